The molecular weight excluding hydrogens is 432 g/mol. The first-order chi connectivity index (χ1) is 14.5. The maximum Gasteiger partial charge on any atom is 0.453 e. The first kappa shape index (κ1) is 23.9. The maximum absolute atomic E-state index is 10.6. The molecule has 8 N–H and O–H groups in total. The molecule has 6 unspecified atom stereocenters. The minimum absolute atomic E-state index is 0.0205. The van der Waals surface area contributed by atoms with Crippen LogP contribution in [0.25, 0.3) is 0 Å². The number of rotatable bonds is 6. The van der Waals surface area contributed by atoms with Gasteiger partial charge in [-0.2, -0.15) is 0 Å². The number of aliphatic hydroxyl groups excluding tert-OH is 5. The lowest BCUT2D eigenvalue weighted by Gasteiger charge is -2.43. The van der Waals surface area contributed by atoms with E-state index in [1.807, 2.05) is 0 Å². The Morgan fingerprint density at radius 1 is 0.839 bits per heavy atom. The molecule has 0 heterocycles. The largest absolute Gasteiger partial charge is 0.453 e. The average molecular weight is 457 g/mol. The van der Waals surface area contributed by atoms with Gasteiger partial charge in [-0.05, 0) is 41.3 Å². The smallest absolute Gasteiger partial charge is 0.417 e. The van der Waals surface area contributed by atoms with Gasteiger partial charge in [-0.25, -0.2) is 0 Å². The van der Waals surface area contributed by atoms with Crippen molar-refractivity contribution in [2.24, 2.45) is 5.92 Å². The molecule has 3 rings (SSSR count). The summed E-state index contributed by atoms with van der Waals surface area (Å²) in [6, 6.07) is 10.9. The summed E-state index contributed by atoms with van der Waals surface area (Å²) < 4.78 is 4.51. The number of hydrogen-bond acceptors (Lipinski definition) is 9. The molecule has 0 spiro atoms. The van der Waals surface area contributed by atoms with Crippen LogP contribution >= 0.6 is 11.6 Å². The second kappa shape index (κ2) is 9.37. The Hall–Kier alpha value is -1.79. The summed E-state index contributed by atoms with van der Waals surface area (Å²) in [4.78, 5) is 0. The predicted molar refractivity (Wildman–Crippen MR) is 108 cm³/mol. The highest BCUT2D eigenvalue weighted by Gasteiger charge is 2.49. The van der Waals surface area contributed by atoms with Crippen LogP contribution in [0.4, 0.5) is 0 Å². The van der Waals surface area contributed by atoms with E-state index in [1.54, 1.807) is 30.3 Å². The summed E-state index contributed by atoms with van der Waals surface area (Å²) in [6.07, 6.45) is -8.69. The lowest BCUT2D eigenvalue weighted by molar-refractivity contribution is -0.419. The first-order valence-electron chi connectivity index (χ1n) is 9.58. The lowest BCUT2D eigenvalue weighted by atomic mass is 9.70. The van der Waals surface area contributed by atoms with E-state index in [4.69, 9.17) is 26.9 Å². The van der Waals surface area contributed by atoms with Crippen LogP contribution in [0.15, 0.2) is 42.5 Å². The molecule has 10 heteroatoms. The number of benzene rings is 2. The molecule has 0 saturated heterocycles. The van der Waals surface area contributed by atoms with E-state index < -0.39 is 49.0 Å². The van der Waals surface area contributed by atoms with Gasteiger partial charge in [0.25, 0.3) is 0 Å². The third-order valence-corrected chi connectivity index (χ3v) is 5.92. The Labute approximate surface area is 183 Å². The molecule has 6 atom stereocenters. The topological polar surface area (TPSA) is 171 Å². The zero-order chi connectivity index (χ0) is 22.9. The molecule has 0 radical (unpaired) electrons. The molecular formula is C21H25ClO9. The van der Waals surface area contributed by atoms with Gasteiger partial charge in [0.05, 0.1) is 24.9 Å². The minimum atomic E-state index is -3.29. The summed E-state index contributed by atoms with van der Waals surface area (Å²) in [5, 5.41) is 77.7. The molecule has 0 amide bonds. The maximum atomic E-state index is 10.6. The van der Waals surface area contributed by atoms with Crippen molar-refractivity contribution < 1.29 is 45.6 Å². The van der Waals surface area contributed by atoms with E-state index in [1.165, 1.54) is 12.1 Å². The van der Waals surface area contributed by atoms with Crippen LogP contribution in [0, 0.1) is 5.92 Å². The first-order valence-corrected chi connectivity index (χ1v) is 9.96. The standard InChI is InChI=1S/C21H25ClO9/c22-15-6-3-11(16-17(24)14(9-23)18(25)20(27)19(16)26)8-12(15)7-10-1-4-13(5-2-10)31-21(28,29)30/h1-6,8,14,16-20,23-30H,7,9H2. The monoisotopic (exact) mass is 456 g/mol. The van der Waals surface area contributed by atoms with Gasteiger partial charge in [0, 0.05) is 16.9 Å². The zero-order valence-electron chi connectivity index (χ0n) is 16.3. The molecule has 1 fully saturated rings. The summed E-state index contributed by atoms with van der Waals surface area (Å²) in [7, 11) is 0. The molecule has 1 aliphatic rings. The zero-order valence-corrected chi connectivity index (χ0v) is 17.0. The Morgan fingerprint density at radius 2 is 1.48 bits per heavy atom. The Kier molecular flexibility index (Phi) is 7.21. The molecule has 0 bridgehead atoms. The minimum Gasteiger partial charge on any atom is -0.417 e. The van der Waals surface area contributed by atoms with Crippen LogP contribution < -0.4 is 4.74 Å². The molecule has 0 aromatic heterocycles. The third-order valence-electron chi connectivity index (χ3n) is 5.55. The van der Waals surface area contributed by atoms with Gasteiger partial charge in [0.1, 0.15) is 11.9 Å². The van der Waals surface area contributed by atoms with Gasteiger partial charge in [0.15, 0.2) is 0 Å². The fourth-order valence-electron chi connectivity index (χ4n) is 3.94. The molecule has 0 aliphatic heterocycles. The molecule has 9 nitrogen and oxygen atoms in total. The van der Waals surface area contributed by atoms with Gasteiger partial charge >= 0.3 is 6.16 Å². The SMILES string of the molecule is OCC1C(O)C(O)C(O)C(c2ccc(Cl)c(Cc3ccc(OC(O)(O)O)cc3)c2)C1O. The molecule has 31 heavy (non-hydrogen) atoms. The third kappa shape index (κ3) is 5.35. The van der Waals surface area contributed by atoms with Crippen LogP contribution in [0.5, 0.6) is 5.75 Å². The van der Waals surface area contributed by atoms with Crippen LogP contribution in [-0.2, 0) is 6.42 Å². The van der Waals surface area contributed by atoms with Gasteiger partial charge in [-0.1, -0.05) is 35.9 Å². The second-order valence-corrected chi connectivity index (χ2v) is 8.09. The highest BCUT2D eigenvalue weighted by Crippen LogP contribution is 2.38. The van der Waals surface area contributed by atoms with Crippen molar-refractivity contribution in [1.82, 2.24) is 0 Å². The van der Waals surface area contributed by atoms with Gasteiger partial charge in [-0.3, -0.25) is 0 Å². The summed E-state index contributed by atoms with van der Waals surface area (Å²) >= 11 is 6.31. The van der Waals surface area contributed by atoms with Crippen LogP contribution in [-0.4, -0.2) is 78.0 Å². The number of aliphatic hydroxyl groups is 8. The summed E-state index contributed by atoms with van der Waals surface area (Å²) in [6.45, 7) is -0.561. The van der Waals surface area contributed by atoms with Crippen molar-refractivity contribution in [3.05, 3.63) is 64.2 Å². The van der Waals surface area contributed by atoms with Crippen LogP contribution in [0.1, 0.15) is 22.6 Å². The normalized spacial score (nSPS) is 29.1. The molecule has 1 aliphatic carbocycles. The van der Waals surface area contributed by atoms with Crippen molar-refractivity contribution in [1.29, 1.82) is 0 Å². The Morgan fingerprint density at radius 3 is 2.06 bits per heavy atom. The van der Waals surface area contributed by atoms with Gasteiger partial charge < -0.3 is 45.6 Å². The highest BCUT2D eigenvalue weighted by molar-refractivity contribution is 6.31. The molecule has 170 valence electrons. The number of halogens is 1. The van der Waals surface area contributed by atoms with E-state index in [0.29, 0.717) is 22.6 Å². The predicted octanol–water partition coefficient (Wildman–Crippen LogP) is -0.953. The summed E-state index contributed by atoms with van der Waals surface area (Å²) in [5.74, 6) is -1.95. The average Bonchev–Trinajstić information content (AvgIpc) is 2.69. The van der Waals surface area contributed by atoms with E-state index in [9.17, 15) is 25.5 Å². The van der Waals surface area contributed by atoms with E-state index in [2.05, 4.69) is 4.74 Å². The fourth-order valence-corrected chi connectivity index (χ4v) is 4.12. The van der Waals surface area contributed by atoms with E-state index >= 15 is 0 Å². The van der Waals surface area contributed by atoms with Gasteiger partial charge in [0.2, 0.25) is 0 Å². The van der Waals surface area contributed by atoms with Crippen molar-refractivity contribution in [3.8, 4) is 5.75 Å². The highest BCUT2D eigenvalue weighted by atomic mass is 35.5. The number of hydrogen-bond donors (Lipinski definition) is 8. The lowest BCUT2D eigenvalue weighted by Crippen LogP contribution is -2.58. The fraction of sp³-hybridized carbons (Fsp3) is 0.429. The quantitative estimate of drug-likeness (QED) is 0.255. The van der Waals surface area contributed by atoms with E-state index in [-0.39, 0.29) is 5.75 Å². The molecule has 2 aromatic rings. The molecule has 2 aromatic carbocycles. The Bertz CT molecular complexity index is 883. The van der Waals surface area contributed by atoms with Crippen molar-refractivity contribution >= 4 is 11.6 Å². The van der Waals surface area contributed by atoms with Crippen LogP contribution in [0.2, 0.25) is 5.02 Å². The molecule has 1 saturated carbocycles. The van der Waals surface area contributed by atoms with Crippen LogP contribution in [0.3, 0.4) is 0 Å². The van der Waals surface area contributed by atoms with E-state index in [0.717, 1.165) is 5.56 Å². The second-order valence-electron chi connectivity index (χ2n) is 7.68. The number of ether oxygens (including phenoxy) is 1. The van der Waals surface area contributed by atoms with Gasteiger partial charge in [-0.15, -0.1) is 0 Å². The Balaban J connectivity index is 1.85. The van der Waals surface area contributed by atoms with Crippen molar-refractivity contribution in [2.75, 3.05) is 6.61 Å². The summed E-state index contributed by atoms with van der Waals surface area (Å²) in [5.41, 5.74) is 1.89. The van der Waals surface area contributed by atoms with Crippen molar-refractivity contribution in [3.63, 3.8) is 0 Å². The van der Waals surface area contributed by atoms with Crippen molar-refractivity contribution in [2.45, 2.75) is 42.9 Å².